The lowest BCUT2D eigenvalue weighted by Gasteiger charge is -2.41. The van der Waals surface area contributed by atoms with Gasteiger partial charge < -0.3 is 54.4 Å². The average molecular weight is 931 g/mol. The minimum atomic E-state index is -0.889. The molecule has 2 aliphatic heterocycles. The first-order valence-electron chi connectivity index (χ1n) is 23.6. The molecule has 67 heavy (non-hydrogen) atoms. The number of piperidine rings is 1. The van der Waals surface area contributed by atoms with Gasteiger partial charge in [0.2, 0.25) is 5.84 Å². The van der Waals surface area contributed by atoms with Gasteiger partial charge in [0.1, 0.15) is 22.6 Å². The molecule has 0 unspecified atom stereocenters. The number of esters is 1. The standard InChI is InChI=1S/C50H71N7O10/c1-49(2,3)67-48(60)57-25-21-50(22-26-57,47(52)55-45(51)37-18-23-53-24-19-37)56-39-14-12-13-38(35-39)46(59)54-42-20-30-66-43-17-16-40(36-41(42)43)65-29-11-6-5-9-27-62-31-33-64-34-32-63-28-10-7-8-15-44(58)61-4/h12-14,16-19,23-24,35-36,42,56H,5-11,15,20-22,25-34H2,1-4H3,(H,54,59)(H3,51,52,55)/p+1/t42-/m1/s1. The van der Waals surface area contributed by atoms with Crippen LogP contribution in [0.25, 0.3) is 0 Å². The van der Waals surface area contributed by atoms with Gasteiger partial charge in [0, 0.05) is 68.4 Å². The number of nitrogens with one attached hydrogen (secondary N) is 2. The van der Waals surface area contributed by atoms with E-state index in [-0.39, 0.29) is 29.6 Å². The topological polar surface area (TPSA) is 220 Å². The number of likely N-dealkylation sites (tertiary alicyclic amines) is 1. The Morgan fingerprint density at radius 3 is 2.18 bits per heavy atom. The number of hydrogen-bond acceptors (Lipinski definition) is 12. The fourth-order valence-electron chi connectivity index (χ4n) is 7.68. The van der Waals surface area contributed by atoms with Crippen molar-refractivity contribution < 1.29 is 53.0 Å². The number of methoxy groups -OCH3 is 1. The van der Waals surface area contributed by atoms with Crippen LogP contribution in [0.5, 0.6) is 11.5 Å². The molecule has 1 saturated heterocycles. The predicted molar refractivity (Wildman–Crippen MR) is 255 cm³/mol. The van der Waals surface area contributed by atoms with Crippen LogP contribution in [0.2, 0.25) is 0 Å². The summed E-state index contributed by atoms with van der Waals surface area (Å²) in [6, 6.07) is 16.3. The molecular formula is C50H72N7O10+. The van der Waals surface area contributed by atoms with Crippen molar-refractivity contribution >= 4 is 35.3 Å². The van der Waals surface area contributed by atoms with Crippen LogP contribution in [0.1, 0.15) is 119 Å². The number of carbonyl (C=O) groups is 3. The molecule has 2 aliphatic rings. The van der Waals surface area contributed by atoms with Crippen molar-refractivity contribution in [2.24, 2.45) is 10.7 Å². The fraction of sp³-hybridized carbons (Fsp3) is 0.560. The molecule has 1 aromatic heterocycles. The van der Waals surface area contributed by atoms with Crippen LogP contribution in [0, 0.1) is 0 Å². The summed E-state index contributed by atoms with van der Waals surface area (Å²) in [6.45, 7) is 10.8. The lowest BCUT2D eigenvalue weighted by atomic mass is 9.85. The number of pyridine rings is 1. The van der Waals surface area contributed by atoms with Gasteiger partial charge in [-0.05, 0) is 119 Å². The van der Waals surface area contributed by atoms with Crippen molar-refractivity contribution in [3.05, 3.63) is 83.7 Å². The lowest BCUT2D eigenvalue weighted by molar-refractivity contribution is -0.140. The van der Waals surface area contributed by atoms with Gasteiger partial charge >= 0.3 is 17.9 Å². The summed E-state index contributed by atoms with van der Waals surface area (Å²) in [4.78, 5) is 48.4. The number of amidine groups is 2. The van der Waals surface area contributed by atoms with Gasteiger partial charge in [0.05, 0.1) is 58.4 Å². The first kappa shape index (κ1) is 52.2. The Bertz CT molecular complexity index is 2050. The molecule has 0 spiro atoms. The number of rotatable bonds is 26. The lowest BCUT2D eigenvalue weighted by Crippen LogP contribution is -2.59. The van der Waals surface area contributed by atoms with Crippen molar-refractivity contribution in [2.45, 2.75) is 109 Å². The molecule has 2 amide bonds. The maximum atomic E-state index is 13.9. The molecule has 1 fully saturated rings. The normalized spacial score (nSPS) is 15.7. The number of carbonyl (C=O) groups excluding carboxylic acids is 3. The highest BCUT2D eigenvalue weighted by atomic mass is 16.6. The summed E-state index contributed by atoms with van der Waals surface area (Å²) >= 11 is 0. The quantitative estimate of drug-likeness (QED) is 0.0324. The summed E-state index contributed by atoms with van der Waals surface area (Å²) < 4.78 is 39.3. The predicted octanol–water partition coefficient (Wildman–Crippen LogP) is 5.80. The molecule has 3 aromatic rings. The third kappa shape index (κ3) is 17.8. The number of benzene rings is 2. The molecule has 1 atom stereocenters. The van der Waals surface area contributed by atoms with Crippen molar-refractivity contribution in [3.8, 4) is 11.5 Å². The Kier molecular flexibility index (Phi) is 21.1. The Labute approximate surface area is 395 Å². The third-order valence-corrected chi connectivity index (χ3v) is 11.4. The zero-order valence-corrected chi connectivity index (χ0v) is 39.9. The van der Waals surface area contributed by atoms with E-state index >= 15 is 0 Å². The molecule has 3 heterocycles. The molecule has 5 rings (SSSR count). The minimum Gasteiger partial charge on any atom is -0.494 e. The zero-order chi connectivity index (χ0) is 47.9. The van der Waals surface area contributed by atoms with Crippen LogP contribution in [0.15, 0.2) is 72.0 Å². The number of anilines is 1. The molecule has 0 aliphatic carbocycles. The molecule has 17 nitrogen and oxygen atoms in total. The fourth-order valence-corrected chi connectivity index (χ4v) is 7.68. The SMILES string of the molecule is COC(=O)CCCCCOCCOCCOCCCCCCOc1ccc2c(c1)[C@H](NC(=O)c1cccc(NC3(C(N)=NC(=[NH2+])c4ccncc4)CCN(C(=O)OC(C)(C)C)CC3)c1)CCO2. The molecule has 17 heteroatoms. The molecule has 0 saturated carbocycles. The van der Waals surface area contributed by atoms with Crippen molar-refractivity contribution in [1.29, 1.82) is 0 Å². The number of aromatic nitrogens is 1. The van der Waals surface area contributed by atoms with Crippen LogP contribution >= 0.6 is 0 Å². The molecular weight excluding hydrogens is 859 g/mol. The molecule has 0 radical (unpaired) electrons. The number of aliphatic imine (C=N–C) groups is 1. The van der Waals surface area contributed by atoms with Crippen molar-refractivity contribution in [2.75, 3.05) is 78.4 Å². The number of fused-ring (bicyclic) bond motifs is 1. The number of ether oxygens (including phenoxy) is 7. The van der Waals surface area contributed by atoms with E-state index in [0.717, 1.165) is 62.0 Å². The molecule has 0 bridgehead atoms. The summed E-state index contributed by atoms with van der Waals surface area (Å²) in [6.07, 6.45) is 11.4. The van der Waals surface area contributed by atoms with Gasteiger partial charge in [0.25, 0.3) is 5.91 Å². The largest absolute Gasteiger partial charge is 0.494 e. The van der Waals surface area contributed by atoms with E-state index in [1.807, 2.05) is 51.1 Å². The third-order valence-electron chi connectivity index (χ3n) is 11.4. The smallest absolute Gasteiger partial charge is 0.410 e. The van der Waals surface area contributed by atoms with Crippen molar-refractivity contribution in [3.63, 3.8) is 0 Å². The van der Waals surface area contributed by atoms with E-state index in [9.17, 15) is 14.4 Å². The number of hydrogen-bond donors (Lipinski definition) is 4. The van der Waals surface area contributed by atoms with Gasteiger partial charge in [0.15, 0.2) is 0 Å². The summed E-state index contributed by atoms with van der Waals surface area (Å²) in [5.41, 5.74) is 7.94. The highest BCUT2D eigenvalue weighted by Crippen LogP contribution is 2.36. The Morgan fingerprint density at radius 2 is 1.51 bits per heavy atom. The highest BCUT2D eigenvalue weighted by molar-refractivity contribution is 6.06. The van der Waals surface area contributed by atoms with Gasteiger partial charge in [-0.1, -0.05) is 18.9 Å². The summed E-state index contributed by atoms with van der Waals surface area (Å²) in [5.74, 6) is 1.54. The van der Waals surface area contributed by atoms with Crippen LogP contribution < -0.4 is 31.3 Å². The van der Waals surface area contributed by atoms with Crippen LogP contribution in [0.4, 0.5) is 10.5 Å². The first-order chi connectivity index (χ1) is 32.4. The van der Waals surface area contributed by atoms with Crippen LogP contribution in [-0.4, -0.2) is 124 Å². The van der Waals surface area contributed by atoms with Crippen LogP contribution in [-0.2, 0) is 28.5 Å². The second kappa shape index (κ2) is 27.1. The van der Waals surface area contributed by atoms with Gasteiger partial charge in [-0.15, -0.1) is 0 Å². The van der Waals surface area contributed by atoms with E-state index in [1.54, 1.807) is 41.6 Å². The zero-order valence-electron chi connectivity index (χ0n) is 39.9. The maximum absolute atomic E-state index is 13.9. The second-order valence-corrected chi connectivity index (χ2v) is 17.7. The monoisotopic (exact) mass is 931 g/mol. The van der Waals surface area contributed by atoms with E-state index in [2.05, 4.69) is 25.3 Å². The van der Waals surface area contributed by atoms with Gasteiger partial charge in [-0.25, -0.2) is 4.79 Å². The Balaban J connectivity index is 1.05. The van der Waals surface area contributed by atoms with Crippen molar-refractivity contribution in [1.82, 2.24) is 15.2 Å². The summed E-state index contributed by atoms with van der Waals surface area (Å²) in [5, 5.41) is 13.2. The minimum absolute atomic E-state index is 0.168. The Hall–Kier alpha value is -5.78. The van der Waals surface area contributed by atoms with E-state index < -0.39 is 17.2 Å². The number of unbranched alkanes of at least 4 members (excludes halogenated alkanes) is 5. The number of nitrogens with two attached hydrogens (primary N) is 2. The first-order valence-corrected chi connectivity index (χ1v) is 23.6. The van der Waals surface area contributed by atoms with E-state index in [0.29, 0.717) is 108 Å². The number of amides is 2. The van der Waals surface area contributed by atoms with Gasteiger partial charge in [-0.2, -0.15) is 0 Å². The average Bonchev–Trinajstić information content (AvgIpc) is 3.32. The molecule has 366 valence electrons. The highest BCUT2D eigenvalue weighted by Gasteiger charge is 2.43. The molecule has 6 N–H and O–H groups in total. The van der Waals surface area contributed by atoms with E-state index in [1.165, 1.54) is 7.11 Å². The second-order valence-electron chi connectivity index (χ2n) is 17.7. The maximum Gasteiger partial charge on any atom is 0.410 e. The number of nitrogens with zero attached hydrogens (tertiary/aromatic N) is 3. The Morgan fingerprint density at radius 1 is 0.851 bits per heavy atom. The molecule has 2 aromatic carbocycles. The van der Waals surface area contributed by atoms with E-state index in [4.69, 9.17) is 39.6 Å². The van der Waals surface area contributed by atoms with Gasteiger partial charge in [-0.3, -0.25) is 20.0 Å². The summed E-state index contributed by atoms with van der Waals surface area (Å²) in [7, 11) is 1.41. The van der Waals surface area contributed by atoms with Crippen LogP contribution in [0.3, 0.4) is 0 Å².